The van der Waals surface area contributed by atoms with Gasteiger partial charge in [-0.1, -0.05) is 36.8 Å². The molecule has 21 heavy (non-hydrogen) atoms. The summed E-state index contributed by atoms with van der Waals surface area (Å²) >= 11 is 0. The van der Waals surface area contributed by atoms with Crippen molar-refractivity contribution in [3.05, 3.63) is 35.9 Å². The molecule has 0 aliphatic heterocycles. The average Bonchev–Trinajstić information content (AvgIpc) is 2.42. The normalized spacial score (nSPS) is 16.4. The fraction of sp³-hybridized carbons (Fsp3) is 0.600. The van der Waals surface area contributed by atoms with Crippen LogP contribution in [0.2, 0.25) is 0 Å². The molecule has 0 amide bonds. The van der Waals surface area contributed by atoms with Crippen molar-refractivity contribution in [1.29, 1.82) is 0 Å². The number of aliphatic hydroxyl groups is 1. The Balaban J connectivity index is 2.09. The maximum Gasteiger partial charge on any atom is 0.282 e. The molecule has 1 aliphatic rings. The van der Waals surface area contributed by atoms with Crippen LogP contribution in [0.1, 0.15) is 31.2 Å². The van der Waals surface area contributed by atoms with Crippen LogP contribution in [0.5, 0.6) is 0 Å². The molecule has 0 bridgehead atoms. The minimum atomic E-state index is -3.48. The Morgan fingerprint density at radius 1 is 1.24 bits per heavy atom. The predicted octanol–water partition coefficient (Wildman–Crippen LogP) is 1.60. The molecule has 0 unspecified atom stereocenters. The molecule has 0 aromatic heterocycles. The first-order chi connectivity index (χ1) is 10.1. The highest BCUT2D eigenvalue weighted by molar-refractivity contribution is 7.86. The summed E-state index contributed by atoms with van der Waals surface area (Å²) in [6, 6.07) is 9.68. The number of nitrogens with zero attached hydrogens (tertiary/aromatic N) is 2. The van der Waals surface area contributed by atoms with Gasteiger partial charge in [0.2, 0.25) is 0 Å². The zero-order valence-corrected chi connectivity index (χ0v) is 13.3. The van der Waals surface area contributed by atoms with E-state index in [1.807, 2.05) is 30.3 Å². The molecule has 2 rings (SSSR count). The largest absolute Gasteiger partial charge is 0.396 e. The lowest BCUT2D eigenvalue weighted by Crippen LogP contribution is -2.50. The fourth-order valence-corrected chi connectivity index (χ4v) is 4.11. The first kappa shape index (κ1) is 16.4. The van der Waals surface area contributed by atoms with Crippen LogP contribution in [0.4, 0.5) is 0 Å². The first-order valence-corrected chi connectivity index (χ1v) is 8.83. The van der Waals surface area contributed by atoms with Gasteiger partial charge in [0.05, 0.1) is 0 Å². The molecule has 5 nitrogen and oxygen atoms in total. The van der Waals surface area contributed by atoms with E-state index in [-0.39, 0.29) is 12.6 Å². The van der Waals surface area contributed by atoms with Gasteiger partial charge < -0.3 is 5.11 Å². The smallest absolute Gasteiger partial charge is 0.282 e. The topological polar surface area (TPSA) is 60.9 Å². The summed E-state index contributed by atoms with van der Waals surface area (Å²) in [5.74, 6) is 0. The van der Waals surface area contributed by atoms with Gasteiger partial charge in [-0.05, 0) is 24.8 Å². The Bertz CT molecular complexity index is 529. The fourth-order valence-electron chi connectivity index (χ4n) is 2.49. The Morgan fingerprint density at radius 2 is 1.90 bits per heavy atom. The number of hydrogen-bond acceptors (Lipinski definition) is 3. The second-order valence-electron chi connectivity index (χ2n) is 5.52. The van der Waals surface area contributed by atoms with Crippen molar-refractivity contribution in [2.24, 2.45) is 0 Å². The third-order valence-corrected chi connectivity index (χ3v) is 5.95. The van der Waals surface area contributed by atoms with E-state index in [9.17, 15) is 8.42 Å². The number of hydrogen-bond donors (Lipinski definition) is 1. The standard InChI is InChI=1S/C15H24N2O3S/c1-16(13-14-7-3-2-4-8-14)21(19,20)17(11-6-12-18)15-9-5-10-15/h2-4,7-8,15,18H,5-6,9-13H2,1H3. The predicted molar refractivity (Wildman–Crippen MR) is 82.9 cm³/mol. The van der Waals surface area contributed by atoms with Crippen LogP contribution in [0.15, 0.2) is 30.3 Å². The molecule has 1 aromatic rings. The first-order valence-electron chi connectivity index (χ1n) is 7.43. The van der Waals surface area contributed by atoms with Gasteiger partial charge >= 0.3 is 0 Å². The van der Waals surface area contributed by atoms with E-state index >= 15 is 0 Å². The van der Waals surface area contributed by atoms with Gasteiger partial charge in [0.1, 0.15) is 0 Å². The van der Waals surface area contributed by atoms with Gasteiger partial charge in [-0.25, -0.2) is 0 Å². The monoisotopic (exact) mass is 312 g/mol. The second-order valence-corrected chi connectivity index (χ2v) is 7.51. The van der Waals surface area contributed by atoms with Crippen molar-refractivity contribution in [2.75, 3.05) is 20.2 Å². The highest BCUT2D eigenvalue weighted by Gasteiger charge is 2.35. The molecule has 0 saturated heterocycles. The Kier molecular flexibility index (Phi) is 5.75. The van der Waals surface area contributed by atoms with Crippen LogP contribution >= 0.6 is 0 Å². The Hall–Kier alpha value is -0.950. The molecular weight excluding hydrogens is 288 g/mol. The Morgan fingerprint density at radius 3 is 2.43 bits per heavy atom. The van der Waals surface area contributed by atoms with Crippen molar-refractivity contribution in [1.82, 2.24) is 8.61 Å². The van der Waals surface area contributed by atoms with Crippen LogP contribution in [0, 0.1) is 0 Å². The number of aliphatic hydroxyl groups excluding tert-OH is 1. The van der Waals surface area contributed by atoms with Crippen LogP contribution in [-0.2, 0) is 16.8 Å². The molecule has 1 saturated carbocycles. The molecule has 1 fully saturated rings. The van der Waals surface area contributed by atoms with Crippen molar-refractivity contribution < 1.29 is 13.5 Å². The highest BCUT2D eigenvalue weighted by Crippen LogP contribution is 2.28. The summed E-state index contributed by atoms with van der Waals surface area (Å²) in [4.78, 5) is 0. The quantitative estimate of drug-likeness (QED) is 0.793. The number of benzene rings is 1. The SMILES string of the molecule is CN(Cc1ccccc1)S(=O)(=O)N(CCCO)C1CCC1. The Labute approximate surface area is 127 Å². The van der Waals surface area contributed by atoms with Gasteiger partial charge in [0.15, 0.2) is 0 Å². The van der Waals surface area contributed by atoms with Crippen LogP contribution in [0.3, 0.4) is 0 Å². The van der Waals surface area contributed by atoms with Crippen molar-refractivity contribution in [3.8, 4) is 0 Å². The van der Waals surface area contributed by atoms with E-state index in [1.54, 1.807) is 11.4 Å². The second kappa shape index (κ2) is 7.35. The van der Waals surface area contributed by atoms with E-state index in [0.29, 0.717) is 19.5 Å². The molecule has 6 heteroatoms. The van der Waals surface area contributed by atoms with Crippen molar-refractivity contribution in [2.45, 2.75) is 38.3 Å². The minimum Gasteiger partial charge on any atom is -0.396 e. The summed E-state index contributed by atoms with van der Waals surface area (Å²) in [6.07, 6.45) is 3.40. The lowest BCUT2D eigenvalue weighted by atomic mass is 9.93. The average molecular weight is 312 g/mol. The lowest BCUT2D eigenvalue weighted by Gasteiger charge is -2.38. The van der Waals surface area contributed by atoms with E-state index in [4.69, 9.17) is 5.11 Å². The number of rotatable bonds is 8. The van der Waals surface area contributed by atoms with E-state index < -0.39 is 10.2 Å². The molecular formula is C15H24N2O3S. The third-order valence-electron chi connectivity index (χ3n) is 3.96. The summed E-state index contributed by atoms with van der Waals surface area (Å²) in [5, 5.41) is 8.99. The summed E-state index contributed by atoms with van der Waals surface area (Å²) in [6.45, 7) is 0.773. The minimum absolute atomic E-state index is 0.0150. The summed E-state index contributed by atoms with van der Waals surface area (Å²) < 4.78 is 28.5. The van der Waals surface area contributed by atoms with Gasteiger partial charge in [-0.15, -0.1) is 0 Å². The zero-order valence-electron chi connectivity index (χ0n) is 12.5. The lowest BCUT2D eigenvalue weighted by molar-refractivity contribution is 0.188. The summed E-state index contributed by atoms with van der Waals surface area (Å²) in [7, 11) is -1.86. The molecule has 0 radical (unpaired) electrons. The van der Waals surface area contributed by atoms with Gasteiger partial charge in [0, 0.05) is 32.8 Å². The van der Waals surface area contributed by atoms with E-state index in [1.165, 1.54) is 4.31 Å². The molecule has 118 valence electrons. The van der Waals surface area contributed by atoms with Crippen molar-refractivity contribution in [3.63, 3.8) is 0 Å². The maximum atomic E-state index is 12.7. The molecule has 0 atom stereocenters. The molecule has 1 aliphatic carbocycles. The van der Waals surface area contributed by atoms with Crippen molar-refractivity contribution >= 4 is 10.2 Å². The molecule has 0 heterocycles. The van der Waals surface area contributed by atoms with E-state index in [2.05, 4.69) is 0 Å². The molecule has 0 spiro atoms. The van der Waals surface area contributed by atoms with Crippen LogP contribution in [0.25, 0.3) is 0 Å². The van der Waals surface area contributed by atoms with Gasteiger partial charge in [-0.3, -0.25) is 0 Å². The summed E-state index contributed by atoms with van der Waals surface area (Å²) in [5.41, 5.74) is 0.972. The third kappa shape index (κ3) is 4.03. The van der Waals surface area contributed by atoms with E-state index in [0.717, 1.165) is 24.8 Å². The van der Waals surface area contributed by atoms with Crippen LogP contribution < -0.4 is 0 Å². The molecule has 1 N–H and O–H groups in total. The highest BCUT2D eigenvalue weighted by atomic mass is 32.2. The van der Waals surface area contributed by atoms with Gasteiger partial charge in [0.25, 0.3) is 10.2 Å². The maximum absolute atomic E-state index is 12.7. The molecule has 1 aromatic carbocycles. The van der Waals surface area contributed by atoms with Crippen LogP contribution in [-0.4, -0.2) is 48.4 Å². The zero-order chi connectivity index (χ0) is 15.3. The van der Waals surface area contributed by atoms with Gasteiger partial charge in [-0.2, -0.15) is 17.0 Å².